The first kappa shape index (κ1) is 14.1. The van der Waals surface area contributed by atoms with Gasteiger partial charge in [-0.3, -0.25) is 0 Å². The van der Waals surface area contributed by atoms with Crippen molar-refractivity contribution in [1.29, 1.82) is 0 Å². The molecule has 2 aromatic rings. The summed E-state index contributed by atoms with van der Waals surface area (Å²) in [5, 5.41) is 3.34. The van der Waals surface area contributed by atoms with Crippen LogP contribution in [0, 0.1) is 5.82 Å². The molecule has 112 valence electrons. The minimum Gasteiger partial charge on any atom is -0.467 e. The molecule has 5 heteroatoms. The van der Waals surface area contributed by atoms with Crippen LogP contribution in [0.15, 0.2) is 35.1 Å². The van der Waals surface area contributed by atoms with Crippen LogP contribution in [0.2, 0.25) is 0 Å². The fraction of sp³-hybridized carbons (Fsp3) is 0.438. The summed E-state index contributed by atoms with van der Waals surface area (Å²) in [4.78, 5) is 6.10. The first-order chi connectivity index (χ1) is 10.3. The van der Waals surface area contributed by atoms with E-state index in [1.807, 2.05) is 24.0 Å². The van der Waals surface area contributed by atoms with E-state index in [1.165, 1.54) is 12.8 Å². The van der Waals surface area contributed by atoms with Gasteiger partial charge in [-0.1, -0.05) is 0 Å². The second kappa shape index (κ2) is 6.26. The normalized spacial score (nSPS) is 14.4. The molecule has 0 aromatic carbocycles. The third kappa shape index (κ3) is 3.42. The minimum absolute atomic E-state index is 0.237. The smallest absolute Gasteiger partial charge is 0.170 e. The van der Waals surface area contributed by atoms with Gasteiger partial charge in [0.05, 0.1) is 12.8 Å². The van der Waals surface area contributed by atoms with Gasteiger partial charge in [-0.2, -0.15) is 0 Å². The standard InChI is InChI=1S/C16H20FN3O/c1-2-20(11-14-4-3-9-21-14)16-15(17)12(7-8-18-16)10-19-13-5-6-13/h3-4,7-9,13,19H,2,5-6,10-11H2,1H3. The second-order valence-corrected chi connectivity index (χ2v) is 5.36. The molecule has 1 saturated carbocycles. The third-order valence-electron chi connectivity index (χ3n) is 3.72. The molecule has 0 bridgehead atoms. The number of hydrogen-bond donors (Lipinski definition) is 1. The lowest BCUT2D eigenvalue weighted by Crippen LogP contribution is -2.25. The van der Waals surface area contributed by atoms with E-state index in [1.54, 1.807) is 18.5 Å². The average molecular weight is 289 g/mol. The molecule has 0 radical (unpaired) electrons. The van der Waals surface area contributed by atoms with E-state index < -0.39 is 0 Å². The van der Waals surface area contributed by atoms with Gasteiger partial charge in [-0.15, -0.1) is 0 Å². The second-order valence-electron chi connectivity index (χ2n) is 5.36. The van der Waals surface area contributed by atoms with E-state index in [4.69, 9.17) is 4.42 Å². The Balaban J connectivity index is 1.76. The van der Waals surface area contributed by atoms with Crippen molar-refractivity contribution >= 4 is 5.82 Å². The van der Waals surface area contributed by atoms with Gasteiger partial charge in [0.25, 0.3) is 0 Å². The van der Waals surface area contributed by atoms with Crippen molar-refractivity contribution in [3.8, 4) is 0 Å². The summed E-state index contributed by atoms with van der Waals surface area (Å²) in [6, 6.07) is 6.03. The number of nitrogens with zero attached hydrogens (tertiary/aromatic N) is 2. The Morgan fingerprint density at radius 3 is 2.95 bits per heavy atom. The van der Waals surface area contributed by atoms with Crippen molar-refractivity contribution in [2.24, 2.45) is 0 Å². The zero-order chi connectivity index (χ0) is 14.7. The van der Waals surface area contributed by atoms with Gasteiger partial charge >= 0.3 is 0 Å². The SMILES string of the molecule is CCN(Cc1ccco1)c1nccc(CNC2CC2)c1F. The largest absolute Gasteiger partial charge is 0.467 e. The number of halogens is 1. The van der Waals surface area contributed by atoms with Crippen LogP contribution in [0.3, 0.4) is 0 Å². The van der Waals surface area contributed by atoms with Crippen LogP contribution < -0.4 is 10.2 Å². The molecule has 2 aromatic heterocycles. The van der Waals surface area contributed by atoms with E-state index >= 15 is 0 Å². The van der Waals surface area contributed by atoms with Gasteiger partial charge in [0.2, 0.25) is 0 Å². The monoisotopic (exact) mass is 289 g/mol. The zero-order valence-corrected chi connectivity index (χ0v) is 12.2. The van der Waals surface area contributed by atoms with Crippen molar-refractivity contribution in [3.63, 3.8) is 0 Å². The fourth-order valence-corrected chi connectivity index (χ4v) is 2.30. The molecule has 0 amide bonds. The van der Waals surface area contributed by atoms with Gasteiger partial charge in [-0.05, 0) is 38.0 Å². The maximum Gasteiger partial charge on any atom is 0.170 e. The van der Waals surface area contributed by atoms with E-state index in [0.29, 0.717) is 37.1 Å². The molecule has 2 heterocycles. The molecule has 1 N–H and O–H groups in total. The van der Waals surface area contributed by atoms with Crippen molar-refractivity contribution in [3.05, 3.63) is 47.8 Å². The quantitative estimate of drug-likeness (QED) is 0.850. The predicted molar refractivity (Wildman–Crippen MR) is 79.5 cm³/mol. The maximum absolute atomic E-state index is 14.6. The number of furan rings is 1. The lowest BCUT2D eigenvalue weighted by Gasteiger charge is -2.22. The Kier molecular flexibility index (Phi) is 4.20. The molecule has 21 heavy (non-hydrogen) atoms. The fourth-order valence-electron chi connectivity index (χ4n) is 2.30. The molecular weight excluding hydrogens is 269 g/mol. The highest BCUT2D eigenvalue weighted by molar-refractivity contribution is 5.43. The Morgan fingerprint density at radius 2 is 2.29 bits per heavy atom. The topological polar surface area (TPSA) is 41.3 Å². The summed E-state index contributed by atoms with van der Waals surface area (Å²) in [6.45, 7) is 3.74. The number of hydrogen-bond acceptors (Lipinski definition) is 4. The summed E-state index contributed by atoms with van der Waals surface area (Å²) in [5.74, 6) is 0.961. The van der Waals surface area contributed by atoms with Crippen molar-refractivity contribution in [2.45, 2.75) is 38.9 Å². The molecule has 1 aliphatic rings. The minimum atomic E-state index is -0.237. The Bertz CT molecular complexity index is 581. The zero-order valence-electron chi connectivity index (χ0n) is 12.2. The molecule has 1 aliphatic carbocycles. The van der Waals surface area contributed by atoms with Gasteiger partial charge < -0.3 is 14.6 Å². The molecule has 1 fully saturated rings. The van der Waals surface area contributed by atoms with Crippen molar-refractivity contribution in [1.82, 2.24) is 10.3 Å². The molecule has 0 unspecified atom stereocenters. The summed E-state index contributed by atoms with van der Waals surface area (Å²) in [5.41, 5.74) is 0.671. The maximum atomic E-state index is 14.6. The Morgan fingerprint density at radius 1 is 1.43 bits per heavy atom. The third-order valence-corrected chi connectivity index (χ3v) is 3.72. The van der Waals surface area contributed by atoms with Crippen molar-refractivity contribution < 1.29 is 8.81 Å². The lowest BCUT2D eigenvalue weighted by atomic mass is 10.2. The Hall–Kier alpha value is -1.88. The van der Waals surface area contributed by atoms with Gasteiger partial charge in [0, 0.05) is 30.9 Å². The molecule has 0 saturated heterocycles. The average Bonchev–Trinajstić information content (AvgIpc) is 3.19. The highest BCUT2D eigenvalue weighted by atomic mass is 19.1. The van der Waals surface area contributed by atoms with Crippen LogP contribution in [0.5, 0.6) is 0 Å². The number of rotatable bonds is 7. The highest BCUT2D eigenvalue weighted by Gasteiger charge is 2.22. The van der Waals surface area contributed by atoms with Gasteiger partial charge in [-0.25, -0.2) is 9.37 Å². The van der Waals surface area contributed by atoms with E-state index in [2.05, 4.69) is 10.3 Å². The van der Waals surface area contributed by atoms with Crippen LogP contribution in [0.25, 0.3) is 0 Å². The Labute approximate surface area is 124 Å². The van der Waals surface area contributed by atoms with E-state index in [9.17, 15) is 4.39 Å². The van der Waals surface area contributed by atoms with Gasteiger partial charge in [0.1, 0.15) is 5.76 Å². The van der Waals surface area contributed by atoms with Crippen LogP contribution in [-0.4, -0.2) is 17.6 Å². The molecule has 0 atom stereocenters. The molecule has 0 aliphatic heterocycles. The summed E-state index contributed by atoms with van der Waals surface area (Å²) >= 11 is 0. The number of anilines is 1. The van der Waals surface area contributed by atoms with Crippen LogP contribution >= 0.6 is 0 Å². The first-order valence-electron chi connectivity index (χ1n) is 7.42. The van der Waals surface area contributed by atoms with Crippen molar-refractivity contribution in [2.75, 3.05) is 11.4 Å². The molecule has 3 rings (SSSR count). The van der Waals surface area contributed by atoms with E-state index in [0.717, 1.165) is 5.76 Å². The number of pyridine rings is 1. The number of aromatic nitrogens is 1. The van der Waals surface area contributed by atoms with Crippen LogP contribution in [0.1, 0.15) is 31.1 Å². The molecule has 4 nitrogen and oxygen atoms in total. The van der Waals surface area contributed by atoms with Gasteiger partial charge in [0.15, 0.2) is 11.6 Å². The van der Waals surface area contributed by atoms with E-state index in [-0.39, 0.29) is 5.82 Å². The summed E-state index contributed by atoms with van der Waals surface area (Å²) in [7, 11) is 0. The van der Waals surface area contributed by atoms with Crippen LogP contribution in [0.4, 0.5) is 10.2 Å². The summed E-state index contributed by atoms with van der Waals surface area (Å²) in [6.07, 6.45) is 5.69. The first-order valence-corrected chi connectivity index (χ1v) is 7.42. The number of nitrogens with one attached hydrogen (secondary N) is 1. The highest BCUT2D eigenvalue weighted by Crippen LogP contribution is 2.23. The molecular formula is C16H20FN3O. The van der Waals surface area contributed by atoms with Crippen LogP contribution in [-0.2, 0) is 13.1 Å². The predicted octanol–water partition coefficient (Wildman–Crippen LogP) is 3.09. The lowest BCUT2D eigenvalue weighted by molar-refractivity contribution is 0.498. The summed E-state index contributed by atoms with van der Waals surface area (Å²) < 4.78 is 20.0. The molecule has 0 spiro atoms.